The number of Topliss-reactive ketones (excluding diaryl/α,β-unsaturated/α-hetero) is 1. The van der Waals surface area contributed by atoms with Crippen LogP contribution in [0.5, 0.6) is 0 Å². The lowest BCUT2D eigenvalue weighted by molar-refractivity contribution is -0.112. The minimum atomic E-state index is -0.372. The summed E-state index contributed by atoms with van der Waals surface area (Å²) in [6.07, 6.45) is 12.5. The van der Waals surface area contributed by atoms with E-state index < -0.39 is 0 Å². The molecule has 0 saturated heterocycles. The van der Waals surface area contributed by atoms with Crippen molar-refractivity contribution in [3.63, 3.8) is 0 Å². The van der Waals surface area contributed by atoms with Crippen LogP contribution in [-0.2, 0) is 10.2 Å². The van der Waals surface area contributed by atoms with Crippen molar-refractivity contribution in [2.75, 3.05) is 0 Å². The Bertz CT molecular complexity index is 977. The number of allylic oxidation sites excluding steroid dienone is 8. The first-order chi connectivity index (χ1) is 13.3. The van der Waals surface area contributed by atoms with Gasteiger partial charge in [-0.15, -0.1) is 0 Å². The largest absolute Gasteiger partial charge is 0.289 e. The van der Waals surface area contributed by atoms with Crippen molar-refractivity contribution in [2.24, 2.45) is 0 Å². The SMILES string of the molecule is O=C1C2=CCCC=C2C(c2ccccc2)(c2ccccc2)C2=C1C=CCC2. The smallest absolute Gasteiger partial charge is 0.193 e. The maximum absolute atomic E-state index is 13.3. The summed E-state index contributed by atoms with van der Waals surface area (Å²) in [7, 11) is 0. The zero-order valence-corrected chi connectivity index (χ0v) is 15.3. The van der Waals surface area contributed by atoms with Crippen molar-refractivity contribution < 1.29 is 4.79 Å². The summed E-state index contributed by atoms with van der Waals surface area (Å²) >= 11 is 0. The molecule has 2 aromatic rings. The zero-order valence-electron chi connectivity index (χ0n) is 15.3. The van der Waals surface area contributed by atoms with Gasteiger partial charge in [0, 0.05) is 11.1 Å². The van der Waals surface area contributed by atoms with Crippen LogP contribution >= 0.6 is 0 Å². The minimum absolute atomic E-state index is 0.203. The van der Waals surface area contributed by atoms with Gasteiger partial charge in [0.1, 0.15) is 0 Å². The molecule has 0 radical (unpaired) electrons. The maximum Gasteiger partial charge on any atom is 0.193 e. The standard InChI is InChI=1S/C26H22O/c27-25-21-15-7-9-17-23(21)26(19-11-3-1-4-12-19,20-13-5-2-6-14-20)24-18-10-8-16-22(24)25/h1-7,11-16,18H,8-10,17H2. The summed E-state index contributed by atoms with van der Waals surface area (Å²) in [6.45, 7) is 0. The number of hydrogen-bond acceptors (Lipinski definition) is 1. The molecule has 0 bridgehead atoms. The summed E-state index contributed by atoms with van der Waals surface area (Å²) in [4.78, 5) is 13.3. The molecular weight excluding hydrogens is 328 g/mol. The van der Waals surface area contributed by atoms with Gasteiger partial charge in [-0.1, -0.05) is 85.0 Å². The van der Waals surface area contributed by atoms with E-state index in [9.17, 15) is 4.79 Å². The van der Waals surface area contributed by atoms with E-state index >= 15 is 0 Å². The van der Waals surface area contributed by atoms with Gasteiger partial charge in [0.05, 0.1) is 5.41 Å². The van der Waals surface area contributed by atoms with Crippen molar-refractivity contribution in [2.45, 2.75) is 31.1 Å². The molecule has 0 saturated carbocycles. The summed E-state index contributed by atoms with van der Waals surface area (Å²) in [5.74, 6) is 0.203. The van der Waals surface area contributed by atoms with Crippen LogP contribution in [0.15, 0.2) is 107 Å². The molecule has 5 rings (SSSR count). The third-order valence-corrected chi connectivity index (χ3v) is 6.08. The van der Waals surface area contributed by atoms with E-state index in [1.165, 1.54) is 22.3 Å². The molecule has 0 fully saturated rings. The first-order valence-electron chi connectivity index (χ1n) is 9.80. The van der Waals surface area contributed by atoms with Crippen LogP contribution in [-0.4, -0.2) is 5.78 Å². The predicted octanol–water partition coefficient (Wildman–Crippen LogP) is 5.85. The highest BCUT2D eigenvalue weighted by Crippen LogP contribution is 2.55. The van der Waals surface area contributed by atoms with Gasteiger partial charge in [0.15, 0.2) is 5.78 Å². The van der Waals surface area contributed by atoms with Crippen LogP contribution in [0.1, 0.15) is 36.8 Å². The number of carbonyl (C=O) groups excluding carboxylic acids is 1. The van der Waals surface area contributed by atoms with Gasteiger partial charge in [-0.3, -0.25) is 4.79 Å². The molecule has 0 amide bonds. The number of carbonyl (C=O) groups is 1. The monoisotopic (exact) mass is 350 g/mol. The Balaban J connectivity index is 1.94. The Morgan fingerprint density at radius 3 is 2.04 bits per heavy atom. The number of benzene rings is 2. The molecular formula is C26H22O. The van der Waals surface area contributed by atoms with Crippen molar-refractivity contribution in [1.82, 2.24) is 0 Å². The number of rotatable bonds is 2. The van der Waals surface area contributed by atoms with Crippen molar-refractivity contribution in [3.8, 4) is 0 Å². The Hall–Kier alpha value is -2.93. The number of ketones is 1. The number of hydrogen-bond donors (Lipinski definition) is 0. The first kappa shape index (κ1) is 16.3. The third-order valence-electron chi connectivity index (χ3n) is 6.08. The fourth-order valence-electron chi connectivity index (χ4n) is 5.02. The van der Waals surface area contributed by atoms with E-state index in [4.69, 9.17) is 0 Å². The second-order valence-corrected chi connectivity index (χ2v) is 7.46. The van der Waals surface area contributed by atoms with Gasteiger partial charge in [-0.05, 0) is 48.0 Å². The lowest BCUT2D eigenvalue weighted by atomic mass is 9.55. The molecule has 0 heterocycles. The molecule has 0 aromatic heterocycles. The second kappa shape index (κ2) is 6.35. The molecule has 1 nitrogen and oxygen atoms in total. The van der Waals surface area contributed by atoms with Crippen LogP contribution in [0.3, 0.4) is 0 Å². The van der Waals surface area contributed by atoms with Gasteiger partial charge >= 0.3 is 0 Å². The predicted molar refractivity (Wildman–Crippen MR) is 109 cm³/mol. The van der Waals surface area contributed by atoms with Crippen LogP contribution in [0.4, 0.5) is 0 Å². The van der Waals surface area contributed by atoms with Gasteiger partial charge in [0.2, 0.25) is 0 Å². The number of fused-ring (bicyclic) bond motifs is 1. The van der Waals surface area contributed by atoms with Crippen LogP contribution < -0.4 is 0 Å². The van der Waals surface area contributed by atoms with E-state index in [0.717, 1.165) is 36.8 Å². The van der Waals surface area contributed by atoms with Crippen molar-refractivity contribution in [1.29, 1.82) is 0 Å². The fourth-order valence-corrected chi connectivity index (χ4v) is 5.02. The van der Waals surface area contributed by atoms with E-state index in [2.05, 4.69) is 85.0 Å². The fraction of sp³-hybridized carbons (Fsp3) is 0.192. The van der Waals surface area contributed by atoms with Gasteiger partial charge in [0.25, 0.3) is 0 Å². The van der Waals surface area contributed by atoms with E-state index in [1.807, 2.05) is 0 Å². The normalized spacial score (nSPS) is 20.5. The molecule has 0 spiro atoms. The molecule has 3 aliphatic rings. The van der Waals surface area contributed by atoms with E-state index in [0.29, 0.717) is 0 Å². The Kier molecular flexibility index (Phi) is 3.82. The minimum Gasteiger partial charge on any atom is -0.289 e. The highest BCUT2D eigenvalue weighted by molar-refractivity contribution is 6.16. The average molecular weight is 350 g/mol. The molecule has 0 N–H and O–H groups in total. The molecule has 0 aliphatic heterocycles. The van der Waals surface area contributed by atoms with Crippen molar-refractivity contribution in [3.05, 3.63) is 118 Å². The Labute approximate surface area is 160 Å². The maximum atomic E-state index is 13.3. The summed E-state index contributed by atoms with van der Waals surface area (Å²) < 4.78 is 0. The lowest BCUT2D eigenvalue weighted by Gasteiger charge is -2.46. The lowest BCUT2D eigenvalue weighted by Crippen LogP contribution is -2.41. The molecule has 1 heteroatoms. The highest BCUT2D eigenvalue weighted by Gasteiger charge is 2.49. The summed E-state index contributed by atoms with van der Waals surface area (Å²) in [5, 5.41) is 0. The first-order valence-corrected chi connectivity index (χ1v) is 9.80. The van der Waals surface area contributed by atoms with Crippen LogP contribution in [0.2, 0.25) is 0 Å². The van der Waals surface area contributed by atoms with Crippen LogP contribution in [0.25, 0.3) is 0 Å². The molecule has 27 heavy (non-hydrogen) atoms. The Morgan fingerprint density at radius 2 is 1.37 bits per heavy atom. The quantitative estimate of drug-likeness (QED) is 0.664. The van der Waals surface area contributed by atoms with E-state index in [-0.39, 0.29) is 11.2 Å². The average Bonchev–Trinajstić information content (AvgIpc) is 2.76. The highest BCUT2D eigenvalue weighted by atomic mass is 16.1. The second-order valence-electron chi connectivity index (χ2n) is 7.46. The van der Waals surface area contributed by atoms with Crippen molar-refractivity contribution >= 4 is 5.78 Å². The van der Waals surface area contributed by atoms with Gasteiger partial charge in [-0.25, -0.2) is 0 Å². The zero-order chi connectivity index (χ0) is 18.3. The molecule has 2 aromatic carbocycles. The summed E-state index contributed by atoms with van der Waals surface area (Å²) in [6, 6.07) is 21.5. The third kappa shape index (κ3) is 2.28. The molecule has 0 unspecified atom stereocenters. The summed E-state index contributed by atoms with van der Waals surface area (Å²) in [5.41, 5.74) is 6.39. The van der Waals surface area contributed by atoms with Gasteiger partial charge in [-0.2, -0.15) is 0 Å². The topological polar surface area (TPSA) is 17.1 Å². The van der Waals surface area contributed by atoms with Crippen LogP contribution in [0, 0.1) is 0 Å². The molecule has 0 atom stereocenters. The van der Waals surface area contributed by atoms with Gasteiger partial charge < -0.3 is 0 Å². The Morgan fingerprint density at radius 1 is 0.741 bits per heavy atom. The molecule has 132 valence electrons. The van der Waals surface area contributed by atoms with E-state index in [1.54, 1.807) is 0 Å². The molecule has 3 aliphatic carbocycles.